The first-order valence-corrected chi connectivity index (χ1v) is 9.25. The minimum atomic E-state index is -0.389. The van der Waals surface area contributed by atoms with Gasteiger partial charge in [-0.15, -0.1) is 0 Å². The largest absolute Gasteiger partial charge is 0.342 e. The standard InChI is InChI=1S/C23H19F2N3O/c1-15-2-12-20(13-3-15)26-23(29)28-22(17-6-10-19(25)11-7-17)14-21(27-28)16-4-8-18(24)9-5-16/h2-13,22H,14H2,1H3,(H,26,29)/t22-/m1/s1. The van der Waals surface area contributed by atoms with E-state index < -0.39 is 0 Å². The van der Waals surface area contributed by atoms with Crippen molar-refractivity contribution in [2.45, 2.75) is 19.4 Å². The average Bonchev–Trinajstić information content (AvgIpc) is 3.16. The van der Waals surface area contributed by atoms with Gasteiger partial charge in [-0.05, 0) is 54.4 Å². The zero-order chi connectivity index (χ0) is 20.4. The molecule has 29 heavy (non-hydrogen) atoms. The monoisotopic (exact) mass is 391 g/mol. The fourth-order valence-electron chi connectivity index (χ4n) is 3.28. The molecule has 0 unspecified atom stereocenters. The fourth-order valence-corrected chi connectivity index (χ4v) is 3.28. The van der Waals surface area contributed by atoms with E-state index in [2.05, 4.69) is 10.4 Å². The van der Waals surface area contributed by atoms with Crippen LogP contribution >= 0.6 is 0 Å². The Morgan fingerprint density at radius 3 is 2.14 bits per heavy atom. The third kappa shape index (κ3) is 4.16. The molecule has 0 aliphatic carbocycles. The summed E-state index contributed by atoms with van der Waals surface area (Å²) in [4.78, 5) is 13.0. The molecular formula is C23H19F2N3O. The third-order valence-electron chi connectivity index (χ3n) is 4.85. The van der Waals surface area contributed by atoms with E-state index in [1.165, 1.54) is 29.3 Å². The quantitative estimate of drug-likeness (QED) is 0.615. The highest BCUT2D eigenvalue weighted by atomic mass is 19.1. The van der Waals surface area contributed by atoms with Gasteiger partial charge < -0.3 is 5.32 Å². The van der Waals surface area contributed by atoms with E-state index in [4.69, 9.17) is 0 Å². The van der Waals surface area contributed by atoms with E-state index in [0.717, 1.165) is 16.7 Å². The highest BCUT2D eigenvalue weighted by Gasteiger charge is 2.33. The highest BCUT2D eigenvalue weighted by molar-refractivity contribution is 6.04. The maximum atomic E-state index is 13.4. The number of hydrazone groups is 1. The van der Waals surface area contributed by atoms with E-state index in [-0.39, 0.29) is 23.7 Å². The van der Waals surface area contributed by atoms with Crippen LogP contribution in [0.3, 0.4) is 0 Å². The highest BCUT2D eigenvalue weighted by Crippen LogP contribution is 2.33. The maximum absolute atomic E-state index is 13.4. The van der Waals surface area contributed by atoms with Gasteiger partial charge in [0.2, 0.25) is 0 Å². The number of carbonyl (C=O) groups excluding carboxylic acids is 1. The summed E-state index contributed by atoms with van der Waals surface area (Å²) in [5.74, 6) is -0.682. The molecular weight excluding hydrogens is 372 g/mol. The van der Waals surface area contributed by atoms with Gasteiger partial charge in [0.15, 0.2) is 0 Å². The summed E-state index contributed by atoms with van der Waals surface area (Å²) in [6.45, 7) is 1.97. The lowest BCUT2D eigenvalue weighted by molar-refractivity contribution is 0.200. The van der Waals surface area contributed by atoms with E-state index in [9.17, 15) is 13.6 Å². The number of nitrogens with zero attached hydrogens (tertiary/aromatic N) is 2. The Labute approximate surface area is 167 Å². The van der Waals surface area contributed by atoms with Crippen molar-refractivity contribution in [2.75, 3.05) is 5.32 Å². The van der Waals surface area contributed by atoms with Crippen LogP contribution in [0.2, 0.25) is 0 Å². The van der Waals surface area contributed by atoms with Gasteiger partial charge in [0.05, 0.1) is 11.8 Å². The van der Waals surface area contributed by atoms with Crippen LogP contribution in [-0.2, 0) is 0 Å². The van der Waals surface area contributed by atoms with Gasteiger partial charge in [0, 0.05) is 12.1 Å². The van der Waals surface area contributed by atoms with Crippen LogP contribution in [0.4, 0.5) is 19.3 Å². The van der Waals surface area contributed by atoms with Gasteiger partial charge in [-0.1, -0.05) is 42.0 Å². The molecule has 0 aromatic heterocycles. The number of benzene rings is 3. The number of hydrogen-bond donors (Lipinski definition) is 1. The van der Waals surface area contributed by atoms with Crippen molar-refractivity contribution in [1.29, 1.82) is 0 Å². The Hall–Kier alpha value is -3.54. The Morgan fingerprint density at radius 2 is 1.52 bits per heavy atom. The zero-order valence-corrected chi connectivity index (χ0v) is 15.8. The lowest BCUT2D eigenvalue weighted by atomic mass is 9.98. The molecule has 0 saturated heterocycles. The lowest BCUT2D eigenvalue weighted by Crippen LogP contribution is -2.31. The summed E-state index contributed by atoms with van der Waals surface area (Å²) in [7, 11) is 0. The number of amides is 2. The topological polar surface area (TPSA) is 44.7 Å². The number of carbonyl (C=O) groups is 1. The van der Waals surface area contributed by atoms with E-state index in [0.29, 0.717) is 17.8 Å². The number of anilines is 1. The second-order valence-electron chi connectivity index (χ2n) is 6.97. The van der Waals surface area contributed by atoms with Crippen LogP contribution in [0.5, 0.6) is 0 Å². The summed E-state index contributed by atoms with van der Waals surface area (Å²) in [5.41, 5.74) is 3.92. The van der Waals surface area contributed by atoms with Crippen LogP contribution in [-0.4, -0.2) is 16.8 Å². The molecule has 0 saturated carbocycles. The third-order valence-corrected chi connectivity index (χ3v) is 4.85. The normalized spacial score (nSPS) is 15.9. The van der Waals surface area contributed by atoms with E-state index >= 15 is 0 Å². The SMILES string of the molecule is Cc1ccc(NC(=O)N2N=C(c3ccc(F)cc3)C[C@@H]2c2ccc(F)cc2)cc1. The molecule has 1 heterocycles. The Morgan fingerprint density at radius 1 is 0.931 bits per heavy atom. The average molecular weight is 391 g/mol. The van der Waals surface area contributed by atoms with Crippen molar-refractivity contribution in [1.82, 2.24) is 5.01 Å². The Kier molecular flexibility index (Phi) is 5.08. The van der Waals surface area contributed by atoms with Gasteiger partial charge in [0.1, 0.15) is 11.6 Å². The zero-order valence-electron chi connectivity index (χ0n) is 15.8. The summed E-state index contributed by atoms with van der Waals surface area (Å²) in [5, 5.41) is 8.72. The van der Waals surface area contributed by atoms with Gasteiger partial charge in [-0.25, -0.2) is 18.6 Å². The van der Waals surface area contributed by atoms with Gasteiger partial charge in [0.25, 0.3) is 0 Å². The second-order valence-corrected chi connectivity index (χ2v) is 6.97. The van der Waals surface area contributed by atoms with Crippen molar-refractivity contribution in [3.05, 3.63) is 101 Å². The number of urea groups is 1. The summed E-state index contributed by atoms with van der Waals surface area (Å²) in [6.07, 6.45) is 0.443. The fraction of sp³-hybridized carbons (Fsp3) is 0.130. The smallest absolute Gasteiger partial charge is 0.306 e. The second kappa shape index (κ2) is 7.83. The van der Waals surface area contributed by atoms with Crippen molar-refractivity contribution >= 4 is 17.4 Å². The van der Waals surface area contributed by atoms with Crippen molar-refractivity contribution in [2.24, 2.45) is 5.10 Å². The number of nitrogens with one attached hydrogen (secondary N) is 1. The Balaban J connectivity index is 1.64. The van der Waals surface area contributed by atoms with Crippen molar-refractivity contribution < 1.29 is 13.6 Å². The van der Waals surface area contributed by atoms with E-state index in [1.807, 2.05) is 31.2 Å². The molecule has 4 nitrogen and oxygen atoms in total. The first kappa shape index (κ1) is 18.8. The first-order chi connectivity index (χ1) is 14.0. The van der Waals surface area contributed by atoms with Crippen LogP contribution in [0.1, 0.15) is 29.2 Å². The van der Waals surface area contributed by atoms with Gasteiger partial charge >= 0.3 is 6.03 Å². The maximum Gasteiger partial charge on any atom is 0.342 e. The van der Waals surface area contributed by atoms with Gasteiger partial charge in [-0.2, -0.15) is 5.10 Å². The molecule has 4 rings (SSSR count). The molecule has 1 N–H and O–H groups in total. The molecule has 0 spiro atoms. The molecule has 3 aromatic rings. The lowest BCUT2D eigenvalue weighted by Gasteiger charge is -2.22. The molecule has 146 valence electrons. The van der Waals surface area contributed by atoms with Crippen molar-refractivity contribution in [3.8, 4) is 0 Å². The minimum absolute atomic E-state index is 0.337. The molecule has 0 fully saturated rings. The molecule has 1 aliphatic rings. The summed E-state index contributed by atoms with van der Waals surface area (Å²) < 4.78 is 26.7. The molecule has 1 atom stereocenters. The molecule has 1 aliphatic heterocycles. The number of halogens is 2. The van der Waals surface area contributed by atoms with Crippen LogP contribution < -0.4 is 5.32 Å². The molecule has 2 amide bonds. The number of aryl methyl sites for hydroxylation is 1. The van der Waals surface area contributed by atoms with Gasteiger partial charge in [-0.3, -0.25) is 0 Å². The number of rotatable bonds is 3. The van der Waals surface area contributed by atoms with Crippen LogP contribution in [0, 0.1) is 18.6 Å². The van der Waals surface area contributed by atoms with E-state index in [1.54, 1.807) is 24.3 Å². The first-order valence-electron chi connectivity index (χ1n) is 9.25. The molecule has 6 heteroatoms. The van der Waals surface area contributed by atoms with Crippen LogP contribution in [0.25, 0.3) is 0 Å². The molecule has 0 radical (unpaired) electrons. The predicted octanol–water partition coefficient (Wildman–Crippen LogP) is 5.66. The predicted molar refractivity (Wildman–Crippen MR) is 109 cm³/mol. The summed E-state index contributed by atoms with van der Waals surface area (Å²) >= 11 is 0. The minimum Gasteiger partial charge on any atom is -0.306 e. The van der Waals surface area contributed by atoms with Crippen molar-refractivity contribution in [3.63, 3.8) is 0 Å². The van der Waals surface area contributed by atoms with Crippen LogP contribution in [0.15, 0.2) is 77.9 Å². The number of hydrogen-bond acceptors (Lipinski definition) is 2. The molecule has 3 aromatic carbocycles. The summed E-state index contributed by atoms with van der Waals surface area (Å²) in [6, 6.07) is 18.7. The molecule has 0 bridgehead atoms. The Bertz CT molecular complexity index is 1040.